The minimum atomic E-state index is -0.331. The van der Waals surface area contributed by atoms with E-state index in [-0.39, 0.29) is 16.7 Å². The molecule has 104 valence electrons. The summed E-state index contributed by atoms with van der Waals surface area (Å²) in [6, 6.07) is 6.87. The Kier molecular flexibility index (Phi) is 4.50. The Morgan fingerprint density at radius 3 is 2.89 bits per heavy atom. The van der Waals surface area contributed by atoms with Crippen molar-refractivity contribution in [1.29, 1.82) is 0 Å². The van der Waals surface area contributed by atoms with Gasteiger partial charge in [-0.3, -0.25) is 10.1 Å². The lowest BCUT2D eigenvalue weighted by Gasteiger charge is -2.34. The summed E-state index contributed by atoms with van der Waals surface area (Å²) < 4.78 is 0. The minimum Gasteiger partial charge on any atom is -0.392 e. The molecular formula is C14H20N2O3. The lowest BCUT2D eigenvalue weighted by molar-refractivity contribution is -0.385. The smallest absolute Gasteiger partial charge is 0.272 e. The highest BCUT2D eigenvalue weighted by Gasteiger charge is 2.24. The summed E-state index contributed by atoms with van der Waals surface area (Å²) in [4.78, 5) is 12.8. The molecule has 0 saturated carbocycles. The number of likely N-dealkylation sites (tertiary alicyclic amines) is 1. The van der Waals surface area contributed by atoms with Crippen LogP contribution in [0.5, 0.6) is 0 Å². The molecule has 0 radical (unpaired) electrons. The predicted molar refractivity (Wildman–Crippen MR) is 73.0 cm³/mol. The molecule has 1 saturated heterocycles. The van der Waals surface area contributed by atoms with Crippen molar-refractivity contribution in [2.75, 3.05) is 19.6 Å². The quantitative estimate of drug-likeness (QED) is 0.665. The topological polar surface area (TPSA) is 66.6 Å². The number of piperidine rings is 1. The average Bonchev–Trinajstić information content (AvgIpc) is 2.40. The number of aliphatic hydroxyl groups excluding tert-OH is 1. The van der Waals surface area contributed by atoms with E-state index in [4.69, 9.17) is 0 Å². The molecule has 2 unspecified atom stereocenters. The first-order valence-electron chi connectivity index (χ1n) is 6.70. The second kappa shape index (κ2) is 6.12. The van der Waals surface area contributed by atoms with Gasteiger partial charge in [0.25, 0.3) is 5.69 Å². The maximum atomic E-state index is 10.9. The van der Waals surface area contributed by atoms with E-state index in [9.17, 15) is 15.2 Å². The van der Waals surface area contributed by atoms with Crippen LogP contribution in [0.2, 0.25) is 0 Å². The molecule has 1 heterocycles. The fourth-order valence-corrected chi connectivity index (χ4v) is 2.50. The Hall–Kier alpha value is -1.46. The van der Waals surface area contributed by atoms with Crippen LogP contribution in [-0.4, -0.2) is 40.7 Å². The van der Waals surface area contributed by atoms with Gasteiger partial charge in [-0.2, -0.15) is 0 Å². The number of hydrogen-bond acceptors (Lipinski definition) is 4. The van der Waals surface area contributed by atoms with E-state index < -0.39 is 0 Å². The van der Waals surface area contributed by atoms with Gasteiger partial charge in [-0.25, -0.2) is 0 Å². The van der Waals surface area contributed by atoms with Gasteiger partial charge in [0.2, 0.25) is 0 Å². The van der Waals surface area contributed by atoms with Gasteiger partial charge in [0, 0.05) is 24.7 Å². The summed E-state index contributed by atoms with van der Waals surface area (Å²) in [6.07, 6.45) is 1.36. The first-order chi connectivity index (χ1) is 9.08. The maximum Gasteiger partial charge on any atom is 0.272 e. The first-order valence-corrected chi connectivity index (χ1v) is 6.70. The van der Waals surface area contributed by atoms with Gasteiger partial charge in [0.05, 0.1) is 11.0 Å². The van der Waals surface area contributed by atoms with E-state index >= 15 is 0 Å². The predicted octanol–water partition coefficient (Wildman–Crippen LogP) is 1.84. The molecule has 0 bridgehead atoms. The third-order valence-electron chi connectivity index (χ3n) is 3.89. The van der Waals surface area contributed by atoms with Crippen LogP contribution in [0.3, 0.4) is 0 Å². The van der Waals surface area contributed by atoms with E-state index in [1.165, 1.54) is 0 Å². The lowest BCUT2D eigenvalue weighted by Crippen LogP contribution is -2.43. The SMILES string of the molecule is CC1CCN(CCc2ccccc2[N+](=O)[O-])CC1O. The molecule has 2 rings (SSSR count). The summed E-state index contributed by atoms with van der Waals surface area (Å²) in [5.74, 6) is 0.349. The lowest BCUT2D eigenvalue weighted by atomic mass is 9.96. The average molecular weight is 264 g/mol. The number of hydrogen-bond donors (Lipinski definition) is 1. The number of para-hydroxylation sites is 1. The number of aliphatic hydroxyl groups is 1. The van der Waals surface area contributed by atoms with Gasteiger partial charge in [-0.05, 0) is 25.3 Å². The first kappa shape index (κ1) is 14.0. The van der Waals surface area contributed by atoms with Crippen LogP contribution in [0, 0.1) is 16.0 Å². The van der Waals surface area contributed by atoms with Gasteiger partial charge in [-0.1, -0.05) is 25.1 Å². The van der Waals surface area contributed by atoms with E-state index in [1.54, 1.807) is 18.2 Å². The number of benzene rings is 1. The largest absolute Gasteiger partial charge is 0.392 e. The molecule has 1 aliphatic heterocycles. The highest BCUT2D eigenvalue weighted by molar-refractivity contribution is 5.39. The molecule has 0 aromatic heterocycles. The highest BCUT2D eigenvalue weighted by Crippen LogP contribution is 2.20. The molecule has 1 aromatic rings. The van der Waals surface area contributed by atoms with Gasteiger partial charge in [0.1, 0.15) is 0 Å². The summed E-state index contributed by atoms with van der Waals surface area (Å²) in [7, 11) is 0. The molecule has 0 spiro atoms. The Morgan fingerprint density at radius 2 is 2.21 bits per heavy atom. The van der Waals surface area contributed by atoms with Crippen molar-refractivity contribution < 1.29 is 10.0 Å². The number of nitro groups is 1. The third kappa shape index (κ3) is 3.52. The Labute approximate surface area is 113 Å². The fraction of sp³-hybridized carbons (Fsp3) is 0.571. The molecular weight excluding hydrogens is 244 g/mol. The second-order valence-corrected chi connectivity index (χ2v) is 5.27. The van der Waals surface area contributed by atoms with Crippen LogP contribution in [0.25, 0.3) is 0 Å². The summed E-state index contributed by atoms with van der Waals surface area (Å²) in [6.45, 7) is 4.44. The zero-order valence-corrected chi connectivity index (χ0v) is 11.2. The van der Waals surface area contributed by atoms with E-state index in [2.05, 4.69) is 11.8 Å². The minimum absolute atomic E-state index is 0.188. The summed E-state index contributed by atoms with van der Waals surface area (Å²) >= 11 is 0. The Balaban J connectivity index is 1.94. The van der Waals surface area contributed by atoms with Crippen LogP contribution in [-0.2, 0) is 6.42 Å². The number of nitrogens with zero attached hydrogens (tertiary/aromatic N) is 2. The van der Waals surface area contributed by atoms with Crippen LogP contribution in [0.15, 0.2) is 24.3 Å². The standard InChI is InChI=1S/C14H20N2O3/c1-11-6-8-15(10-14(11)17)9-7-12-4-2-3-5-13(12)16(18)19/h2-5,11,14,17H,6-10H2,1H3. The monoisotopic (exact) mass is 264 g/mol. The van der Waals surface area contributed by atoms with Gasteiger partial charge < -0.3 is 10.0 Å². The Bertz CT molecular complexity index is 450. The fourth-order valence-electron chi connectivity index (χ4n) is 2.50. The summed E-state index contributed by atoms with van der Waals surface area (Å²) in [5.41, 5.74) is 0.953. The van der Waals surface area contributed by atoms with Crippen molar-refractivity contribution in [2.45, 2.75) is 25.9 Å². The number of β-amino-alcohol motifs (C(OH)–C–C–N with tert-alkyl or cyclic N) is 1. The van der Waals surface area contributed by atoms with Crippen molar-refractivity contribution in [1.82, 2.24) is 4.90 Å². The van der Waals surface area contributed by atoms with E-state index in [0.717, 1.165) is 25.1 Å². The van der Waals surface area contributed by atoms with Crippen LogP contribution in [0.1, 0.15) is 18.9 Å². The second-order valence-electron chi connectivity index (χ2n) is 5.27. The van der Waals surface area contributed by atoms with Crippen LogP contribution >= 0.6 is 0 Å². The maximum absolute atomic E-state index is 10.9. The molecule has 1 N–H and O–H groups in total. The van der Waals surface area contributed by atoms with Gasteiger partial charge in [0.15, 0.2) is 0 Å². The molecule has 1 fully saturated rings. The zero-order chi connectivity index (χ0) is 13.8. The molecule has 5 heteroatoms. The van der Waals surface area contributed by atoms with Gasteiger partial charge >= 0.3 is 0 Å². The molecule has 0 aliphatic carbocycles. The van der Waals surface area contributed by atoms with E-state index in [0.29, 0.717) is 18.9 Å². The number of rotatable bonds is 4. The number of nitro benzene ring substituents is 1. The van der Waals surface area contributed by atoms with E-state index in [1.807, 2.05) is 6.07 Å². The molecule has 1 aromatic carbocycles. The summed E-state index contributed by atoms with van der Waals surface area (Å²) in [5, 5.41) is 20.8. The van der Waals surface area contributed by atoms with Crippen molar-refractivity contribution >= 4 is 5.69 Å². The van der Waals surface area contributed by atoms with Crippen molar-refractivity contribution in [3.8, 4) is 0 Å². The highest BCUT2D eigenvalue weighted by atomic mass is 16.6. The van der Waals surface area contributed by atoms with Crippen LogP contribution in [0.4, 0.5) is 5.69 Å². The molecule has 1 aliphatic rings. The zero-order valence-electron chi connectivity index (χ0n) is 11.2. The van der Waals surface area contributed by atoms with Crippen molar-refractivity contribution in [2.24, 2.45) is 5.92 Å². The normalized spacial score (nSPS) is 24.3. The van der Waals surface area contributed by atoms with Crippen molar-refractivity contribution in [3.63, 3.8) is 0 Å². The molecule has 19 heavy (non-hydrogen) atoms. The molecule has 0 amide bonds. The third-order valence-corrected chi connectivity index (χ3v) is 3.89. The van der Waals surface area contributed by atoms with Crippen molar-refractivity contribution in [3.05, 3.63) is 39.9 Å². The van der Waals surface area contributed by atoms with Gasteiger partial charge in [-0.15, -0.1) is 0 Å². The molecule has 5 nitrogen and oxygen atoms in total. The Morgan fingerprint density at radius 1 is 1.47 bits per heavy atom. The van der Waals surface area contributed by atoms with Crippen LogP contribution < -0.4 is 0 Å². The molecule has 2 atom stereocenters.